The molecule has 2 fully saturated rings. The number of halogens is 1. The summed E-state index contributed by atoms with van der Waals surface area (Å²) in [5, 5.41) is 26.1. The molecule has 4 aromatic rings. The summed E-state index contributed by atoms with van der Waals surface area (Å²) in [5.74, 6) is -0.205. The molecule has 0 radical (unpaired) electrons. The minimum atomic E-state index is -1.08. The number of thiazole rings is 1. The van der Waals surface area contributed by atoms with Gasteiger partial charge in [-0.15, -0.1) is 11.3 Å². The van der Waals surface area contributed by atoms with E-state index >= 15 is 0 Å². The number of nitriles is 1. The van der Waals surface area contributed by atoms with Crippen molar-refractivity contribution in [2.24, 2.45) is 22.2 Å². The molecule has 17 heteroatoms. The van der Waals surface area contributed by atoms with Crippen LogP contribution < -0.4 is 20.1 Å². The number of aromatic nitrogens is 1. The number of amides is 4. The summed E-state index contributed by atoms with van der Waals surface area (Å²) in [7, 11) is 0. The highest BCUT2D eigenvalue weighted by atomic mass is 35.5. The van der Waals surface area contributed by atoms with E-state index in [9.17, 15) is 34.3 Å². The number of aliphatic hydroxyl groups is 1. The lowest BCUT2D eigenvalue weighted by molar-refractivity contribution is -0.196. The molecule has 6 rings (SSSR count). The van der Waals surface area contributed by atoms with E-state index in [1.54, 1.807) is 101 Å². The number of aliphatic hydroxyl groups excluding tert-OH is 1. The quantitative estimate of drug-likeness (QED) is 0.0562. The SMILES string of the molecule is Cc1ncsc1-c1ccc(CNC(=O)[C@@H]2C[C@@H](O)CN2C(=O)C(NC(=O)CN(CCCCCOc2ccc(C(=O)CC3C(C)(C)C(Oc4ccc(C#N)c(Cl)c4)C3(C)C)cc2)C(=O)OC(C)(C)C)C(C)(C)C)cc1. The van der Waals surface area contributed by atoms with Crippen LogP contribution in [0.25, 0.3) is 10.4 Å². The van der Waals surface area contributed by atoms with Crippen LogP contribution in [-0.2, 0) is 25.7 Å². The average molecular weight is 1050 g/mol. The fourth-order valence-electron chi connectivity index (χ4n) is 10.3. The van der Waals surface area contributed by atoms with Crippen LogP contribution in [0.5, 0.6) is 11.5 Å². The van der Waals surface area contributed by atoms with Crippen LogP contribution in [0.3, 0.4) is 0 Å². The van der Waals surface area contributed by atoms with Crippen LogP contribution in [0.4, 0.5) is 4.79 Å². The van der Waals surface area contributed by atoms with Gasteiger partial charge in [0.15, 0.2) is 5.78 Å². The van der Waals surface area contributed by atoms with Gasteiger partial charge in [-0.2, -0.15) is 5.26 Å². The molecule has 3 N–H and O–H groups in total. The molecule has 1 aromatic heterocycles. The van der Waals surface area contributed by atoms with Gasteiger partial charge >= 0.3 is 6.09 Å². The summed E-state index contributed by atoms with van der Waals surface area (Å²) >= 11 is 7.82. The first-order chi connectivity index (χ1) is 34.7. The molecule has 15 nitrogen and oxygen atoms in total. The van der Waals surface area contributed by atoms with Gasteiger partial charge in [-0.1, -0.05) is 84.3 Å². The predicted octanol–water partition coefficient (Wildman–Crippen LogP) is 9.94. The van der Waals surface area contributed by atoms with E-state index in [1.807, 2.05) is 31.2 Å². The Morgan fingerprint density at radius 2 is 1.61 bits per heavy atom. The Kier molecular flexibility index (Phi) is 18.3. The monoisotopic (exact) mass is 1050 g/mol. The van der Waals surface area contributed by atoms with E-state index in [-0.39, 0.29) is 61.2 Å². The third-order valence-corrected chi connectivity index (χ3v) is 15.4. The molecule has 74 heavy (non-hydrogen) atoms. The Labute approximate surface area is 445 Å². The summed E-state index contributed by atoms with van der Waals surface area (Å²) < 4.78 is 18.1. The van der Waals surface area contributed by atoms with Crippen molar-refractivity contribution in [1.29, 1.82) is 5.26 Å². The summed E-state index contributed by atoms with van der Waals surface area (Å²) in [6.07, 6.45) is 0.467. The molecule has 1 saturated heterocycles. The van der Waals surface area contributed by atoms with E-state index in [1.165, 1.54) is 9.80 Å². The van der Waals surface area contributed by atoms with Crippen LogP contribution in [0.2, 0.25) is 5.02 Å². The van der Waals surface area contributed by atoms with E-state index in [2.05, 4.69) is 49.4 Å². The number of aryl methyl sites for hydroxylation is 1. The zero-order valence-electron chi connectivity index (χ0n) is 44.7. The zero-order chi connectivity index (χ0) is 54.3. The molecular formula is C57H73ClN6O9S. The Balaban J connectivity index is 0.975. The largest absolute Gasteiger partial charge is 0.494 e. The summed E-state index contributed by atoms with van der Waals surface area (Å²) in [6, 6.07) is 20.0. The van der Waals surface area contributed by atoms with Crippen molar-refractivity contribution in [1.82, 2.24) is 25.4 Å². The number of carbonyl (C=O) groups is 5. The summed E-state index contributed by atoms with van der Waals surface area (Å²) in [4.78, 5) is 76.9. The minimum Gasteiger partial charge on any atom is -0.494 e. The van der Waals surface area contributed by atoms with Crippen molar-refractivity contribution in [3.8, 4) is 28.0 Å². The van der Waals surface area contributed by atoms with Gasteiger partial charge in [0.2, 0.25) is 17.7 Å². The van der Waals surface area contributed by atoms with Crippen LogP contribution in [0.1, 0.15) is 129 Å². The molecule has 1 saturated carbocycles. The number of likely N-dealkylation sites (tertiary alicyclic amines) is 1. The van der Waals surface area contributed by atoms with Crippen molar-refractivity contribution in [2.45, 2.75) is 145 Å². The molecule has 1 aliphatic carbocycles. The predicted molar refractivity (Wildman–Crippen MR) is 286 cm³/mol. The number of hydrogen-bond acceptors (Lipinski definition) is 12. The second-order valence-electron chi connectivity index (χ2n) is 22.9. The number of ether oxygens (including phenoxy) is 3. The smallest absolute Gasteiger partial charge is 0.410 e. The second kappa shape index (κ2) is 23.7. The minimum absolute atomic E-state index is 0.0308. The third-order valence-electron chi connectivity index (χ3n) is 14.1. The maximum Gasteiger partial charge on any atom is 0.410 e. The normalized spacial score (nSPS) is 19.3. The van der Waals surface area contributed by atoms with Crippen LogP contribution in [0.15, 0.2) is 72.2 Å². The Morgan fingerprint density at radius 1 is 0.946 bits per heavy atom. The highest BCUT2D eigenvalue weighted by Gasteiger charge is 2.63. The first-order valence-corrected chi connectivity index (χ1v) is 26.6. The number of nitrogens with zero attached hydrogens (tertiary/aromatic N) is 4. The van der Waals surface area contributed by atoms with Gasteiger partial charge in [-0.25, -0.2) is 9.78 Å². The summed E-state index contributed by atoms with van der Waals surface area (Å²) in [5.41, 5.74) is 3.38. The number of benzene rings is 3. The number of carbonyl (C=O) groups excluding carboxylic acids is 5. The van der Waals surface area contributed by atoms with Crippen molar-refractivity contribution < 1.29 is 43.3 Å². The molecule has 3 aromatic carbocycles. The molecule has 2 aliphatic rings. The van der Waals surface area contributed by atoms with E-state index in [0.717, 1.165) is 21.7 Å². The molecule has 4 amide bonds. The van der Waals surface area contributed by atoms with Gasteiger partial charge in [0, 0.05) is 54.9 Å². The molecule has 0 spiro atoms. The first-order valence-electron chi connectivity index (χ1n) is 25.3. The van der Waals surface area contributed by atoms with Crippen LogP contribution in [-0.4, -0.2) is 106 Å². The van der Waals surface area contributed by atoms with Gasteiger partial charge in [0.25, 0.3) is 0 Å². The van der Waals surface area contributed by atoms with E-state index in [0.29, 0.717) is 59.9 Å². The fourth-order valence-corrected chi connectivity index (χ4v) is 11.4. The third kappa shape index (κ3) is 14.2. The molecule has 1 unspecified atom stereocenters. The van der Waals surface area contributed by atoms with Crippen molar-refractivity contribution >= 4 is 52.5 Å². The van der Waals surface area contributed by atoms with E-state index < -0.39 is 53.0 Å². The molecular weight excluding hydrogens is 980 g/mol. The number of β-amino-alcohol motifs (C(OH)–C–C–N with tert-alkyl or cyclic N) is 1. The first kappa shape index (κ1) is 57.3. The standard InChI is InChI=1S/C57H73ClN6O9S/c1-35-48(74-34-61-35)38-17-15-36(16-18-38)31-60-50(68)44-27-40(65)32-64(44)51(69)49(54(2,3)4)62-47(67)33-63(53(70)73-55(5,6)7)25-13-12-14-26-71-41-22-19-37(20-23-41)45(66)29-46-56(8,9)52(57(46,10)11)72-42-24-21-39(30-59)43(58)28-42/h15-24,28,34,40,44,46,49,52,65H,12-14,25-27,29,31-33H2,1-11H3,(H,60,68)(H,62,67)/t40-,44+,46?,49?,52?/m1/s1. The lowest BCUT2D eigenvalue weighted by atomic mass is 9.44. The van der Waals surface area contributed by atoms with Gasteiger partial charge in [-0.05, 0) is 106 Å². The van der Waals surface area contributed by atoms with E-state index in [4.69, 9.17) is 25.8 Å². The van der Waals surface area contributed by atoms with Crippen molar-refractivity contribution in [3.63, 3.8) is 0 Å². The molecule has 3 atom stereocenters. The summed E-state index contributed by atoms with van der Waals surface area (Å²) in [6.45, 7) is 21.4. The zero-order valence-corrected chi connectivity index (χ0v) is 46.2. The molecule has 2 heterocycles. The topological polar surface area (TPSA) is 200 Å². The van der Waals surface area contributed by atoms with Gasteiger partial charge in [-0.3, -0.25) is 24.1 Å². The average Bonchev–Trinajstić information content (AvgIpc) is 3.95. The van der Waals surface area contributed by atoms with Crippen LogP contribution >= 0.6 is 22.9 Å². The Hall–Kier alpha value is -6.02. The Bertz CT molecular complexity index is 2670. The van der Waals surface area contributed by atoms with Gasteiger partial charge in [0.1, 0.15) is 47.9 Å². The lowest BCUT2D eigenvalue weighted by Crippen LogP contribution is -2.66. The molecule has 398 valence electrons. The highest BCUT2D eigenvalue weighted by molar-refractivity contribution is 7.13. The van der Waals surface area contributed by atoms with Gasteiger partial charge < -0.3 is 34.9 Å². The number of nitrogens with one attached hydrogen (secondary N) is 2. The van der Waals surface area contributed by atoms with Crippen molar-refractivity contribution in [2.75, 3.05) is 26.2 Å². The number of ketones is 1. The number of unbranched alkanes of at least 4 members (excludes halogenated alkanes) is 2. The number of rotatable bonds is 20. The Morgan fingerprint density at radius 3 is 2.20 bits per heavy atom. The van der Waals surface area contributed by atoms with Gasteiger partial charge in [0.05, 0.1) is 39.4 Å². The van der Waals surface area contributed by atoms with Crippen LogP contribution in [0, 0.1) is 40.4 Å². The molecule has 1 aliphatic heterocycles. The maximum atomic E-state index is 14.3. The lowest BCUT2D eigenvalue weighted by Gasteiger charge is -2.63. The second-order valence-corrected chi connectivity index (χ2v) is 24.1. The highest BCUT2D eigenvalue weighted by Crippen LogP contribution is 2.62. The maximum absolute atomic E-state index is 14.3. The molecule has 0 bridgehead atoms. The van der Waals surface area contributed by atoms with Crippen molar-refractivity contribution in [3.05, 3.63) is 99.6 Å². The number of Topliss-reactive ketones (excluding diaryl/α,β-unsaturated/α-hetero) is 1. The fraction of sp³-hybridized carbons (Fsp3) is 0.526. The number of hydrogen-bond donors (Lipinski definition) is 3.